The van der Waals surface area contributed by atoms with Crippen molar-refractivity contribution in [1.82, 2.24) is 40.3 Å². The molecule has 1 unspecified atom stereocenters. The van der Waals surface area contributed by atoms with Crippen molar-refractivity contribution in [2.45, 2.75) is 40.3 Å². The highest BCUT2D eigenvalue weighted by Crippen LogP contribution is 2.21. The summed E-state index contributed by atoms with van der Waals surface area (Å²) in [6.07, 6.45) is 6.77. The molecular weight excluding hydrogens is 420 g/mol. The number of aromatic amines is 2. The quantitative estimate of drug-likeness (QED) is 0.345. The Hall–Kier alpha value is -3.95. The number of carbonyl (C=O) groups excluding carboxylic acids is 2. The molecule has 10 nitrogen and oxygen atoms in total. The van der Waals surface area contributed by atoms with Crippen molar-refractivity contribution in [3.63, 3.8) is 0 Å². The van der Waals surface area contributed by atoms with Gasteiger partial charge in [0, 0.05) is 31.2 Å². The van der Waals surface area contributed by atoms with Crippen molar-refractivity contribution in [3.05, 3.63) is 54.2 Å². The summed E-state index contributed by atoms with van der Waals surface area (Å²) in [5.74, 6) is -0.431. The molecule has 4 heterocycles. The van der Waals surface area contributed by atoms with Crippen LogP contribution in [0.1, 0.15) is 48.5 Å². The minimum absolute atomic E-state index is 0.0320. The maximum atomic E-state index is 12.7. The highest BCUT2D eigenvalue weighted by atomic mass is 16.2. The van der Waals surface area contributed by atoms with Crippen LogP contribution in [0.15, 0.2) is 43.0 Å². The third-order valence-corrected chi connectivity index (χ3v) is 5.01. The van der Waals surface area contributed by atoms with Gasteiger partial charge in [0.1, 0.15) is 16.9 Å². The summed E-state index contributed by atoms with van der Waals surface area (Å²) in [5, 5.41) is 10.0. The molecule has 0 aliphatic rings. The van der Waals surface area contributed by atoms with Gasteiger partial charge in [0.2, 0.25) is 0 Å². The van der Waals surface area contributed by atoms with Crippen LogP contribution in [-0.4, -0.2) is 54.1 Å². The third-order valence-electron chi connectivity index (χ3n) is 5.01. The highest BCUT2D eigenvalue weighted by molar-refractivity contribution is 6.04. The van der Waals surface area contributed by atoms with E-state index < -0.39 is 0 Å². The number of nitrogens with one attached hydrogen (secondary N) is 4. The lowest BCUT2D eigenvalue weighted by Gasteiger charge is -2.18. The smallest absolute Gasteiger partial charge is 0.267 e. The van der Waals surface area contributed by atoms with Gasteiger partial charge in [-0.15, -0.1) is 0 Å². The molecule has 0 saturated carbocycles. The van der Waals surface area contributed by atoms with E-state index in [0.717, 1.165) is 0 Å². The summed E-state index contributed by atoms with van der Waals surface area (Å²) in [7, 11) is 0. The van der Waals surface area contributed by atoms with Crippen LogP contribution in [0.5, 0.6) is 0 Å². The van der Waals surface area contributed by atoms with Gasteiger partial charge in [-0.2, -0.15) is 5.10 Å². The molecule has 0 bridgehead atoms. The Bertz CT molecular complexity index is 1260. The van der Waals surface area contributed by atoms with Crippen LogP contribution in [-0.2, 0) is 6.54 Å². The number of aromatic nitrogens is 6. The number of fused-ring (bicyclic) bond motifs is 1. The van der Waals surface area contributed by atoms with Crippen molar-refractivity contribution < 1.29 is 9.59 Å². The normalized spacial score (nSPS) is 12.6. The minimum atomic E-state index is -0.223. The molecule has 0 fully saturated rings. The number of carbonyl (C=O) groups is 2. The first-order valence-corrected chi connectivity index (χ1v) is 10.8. The summed E-state index contributed by atoms with van der Waals surface area (Å²) >= 11 is 0. The van der Waals surface area contributed by atoms with E-state index in [1.807, 2.05) is 19.2 Å². The SMILES string of the molecule is CC(Cn1cccn1)NC(=O)c1ccc(-c2cnc3[nH]cc(C(=O)NCC(C)(C)C)c3n2)[nH]1. The van der Waals surface area contributed by atoms with Gasteiger partial charge in [-0.3, -0.25) is 14.3 Å². The fourth-order valence-corrected chi connectivity index (χ4v) is 3.35. The Morgan fingerprint density at radius 3 is 2.76 bits per heavy atom. The van der Waals surface area contributed by atoms with Crippen molar-refractivity contribution >= 4 is 23.0 Å². The monoisotopic (exact) mass is 448 g/mol. The Balaban J connectivity index is 1.49. The first-order chi connectivity index (χ1) is 15.7. The Morgan fingerprint density at radius 2 is 2.03 bits per heavy atom. The number of hydrogen-bond acceptors (Lipinski definition) is 5. The van der Waals surface area contributed by atoms with E-state index in [9.17, 15) is 9.59 Å². The van der Waals surface area contributed by atoms with Gasteiger partial charge in [-0.25, -0.2) is 9.97 Å². The molecule has 4 aromatic rings. The van der Waals surface area contributed by atoms with E-state index in [0.29, 0.717) is 46.9 Å². The molecule has 172 valence electrons. The standard InChI is InChI=1S/C23H28N8O2/c1-14(12-31-9-5-8-27-31)28-22(33)17-7-6-16(29-17)18-11-25-20-19(30-18)15(10-24-20)21(32)26-13-23(2,3)4/h5-11,14,29H,12-13H2,1-4H3,(H,24,25)(H,26,32)(H,28,33). The van der Waals surface area contributed by atoms with Gasteiger partial charge in [-0.1, -0.05) is 20.8 Å². The second kappa shape index (κ2) is 8.89. The second-order valence-corrected chi connectivity index (χ2v) is 9.29. The molecule has 0 aromatic carbocycles. The first kappa shape index (κ1) is 22.3. The highest BCUT2D eigenvalue weighted by Gasteiger charge is 2.19. The molecule has 0 aliphatic heterocycles. The molecule has 10 heteroatoms. The van der Waals surface area contributed by atoms with E-state index in [-0.39, 0.29) is 23.3 Å². The molecule has 4 aromatic heterocycles. The topological polar surface area (TPSA) is 133 Å². The lowest BCUT2D eigenvalue weighted by atomic mass is 9.97. The molecular formula is C23H28N8O2. The van der Waals surface area contributed by atoms with E-state index in [4.69, 9.17) is 0 Å². The molecule has 2 amide bonds. The number of amides is 2. The van der Waals surface area contributed by atoms with E-state index >= 15 is 0 Å². The number of rotatable bonds is 7. The van der Waals surface area contributed by atoms with E-state index in [1.165, 1.54) is 0 Å². The van der Waals surface area contributed by atoms with Gasteiger partial charge >= 0.3 is 0 Å². The average Bonchev–Trinajstić information content (AvgIpc) is 3.51. The first-order valence-electron chi connectivity index (χ1n) is 10.8. The van der Waals surface area contributed by atoms with Gasteiger partial charge in [0.05, 0.1) is 24.0 Å². The molecule has 0 aliphatic carbocycles. The summed E-state index contributed by atoms with van der Waals surface area (Å²) in [5.41, 5.74) is 2.99. The maximum absolute atomic E-state index is 12.7. The molecule has 1 atom stereocenters. The fourth-order valence-electron chi connectivity index (χ4n) is 3.35. The van der Waals surface area contributed by atoms with Gasteiger partial charge in [0.15, 0.2) is 5.65 Å². The van der Waals surface area contributed by atoms with Crippen LogP contribution in [0.2, 0.25) is 0 Å². The van der Waals surface area contributed by atoms with Crippen molar-refractivity contribution in [2.24, 2.45) is 5.41 Å². The summed E-state index contributed by atoms with van der Waals surface area (Å²) < 4.78 is 1.77. The molecule has 0 radical (unpaired) electrons. The van der Waals surface area contributed by atoms with Crippen LogP contribution >= 0.6 is 0 Å². The second-order valence-electron chi connectivity index (χ2n) is 9.29. The zero-order valence-electron chi connectivity index (χ0n) is 19.1. The van der Waals surface area contributed by atoms with Crippen molar-refractivity contribution in [3.8, 4) is 11.4 Å². The summed E-state index contributed by atoms with van der Waals surface area (Å²) in [6, 6.07) is 5.21. The van der Waals surface area contributed by atoms with Crippen molar-refractivity contribution in [2.75, 3.05) is 6.54 Å². The van der Waals surface area contributed by atoms with E-state index in [1.54, 1.807) is 35.4 Å². The van der Waals surface area contributed by atoms with E-state index in [2.05, 4.69) is 56.4 Å². The lowest BCUT2D eigenvalue weighted by Crippen LogP contribution is -2.36. The number of nitrogens with zero attached hydrogens (tertiary/aromatic N) is 4. The van der Waals surface area contributed by atoms with Crippen LogP contribution in [0, 0.1) is 5.41 Å². The van der Waals surface area contributed by atoms with Crippen LogP contribution in [0.25, 0.3) is 22.6 Å². The van der Waals surface area contributed by atoms with Crippen LogP contribution < -0.4 is 10.6 Å². The molecule has 4 N–H and O–H groups in total. The predicted octanol–water partition coefficient (Wildman–Crippen LogP) is 2.74. The molecule has 33 heavy (non-hydrogen) atoms. The maximum Gasteiger partial charge on any atom is 0.267 e. The average molecular weight is 449 g/mol. The van der Waals surface area contributed by atoms with Gasteiger partial charge in [-0.05, 0) is 30.5 Å². The largest absolute Gasteiger partial charge is 0.351 e. The molecule has 0 saturated heterocycles. The fraction of sp³-hybridized carbons (Fsp3) is 0.348. The van der Waals surface area contributed by atoms with Crippen molar-refractivity contribution in [1.29, 1.82) is 0 Å². The zero-order chi connectivity index (χ0) is 23.6. The lowest BCUT2D eigenvalue weighted by molar-refractivity contribution is 0.0927. The van der Waals surface area contributed by atoms with Gasteiger partial charge < -0.3 is 20.6 Å². The summed E-state index contributed by atoms with van der Waals surface area (Å²) in [6.45, 7) is 9.19. The minimum Gasteiger partial charge on any atom is -0.351 e. The Morgan fingerprint density at radius 1 is 1.21 bits per heavy atom. The van der Waals surface area contributed by atoms with Crippen LogP contribution in [0.3, 0.4) is 0 Å². The molecule has 4 rings (SSSR count). The zero-order valence-corrected chi connectivity index (χ0v) is 19.1. The third kappa shape index (κ3) is 5.28. The van der Waals surface area contributed by atoms with Crippen LogP contribution in [0.4, 0.5) is 0 Å². The predicted molar refractivity (Wildman–Crippen MR) is 125 cm³/mol. The molecule has 0 spiro atoms. The summed E-state index contributed by atoms with van der Waals surface area (Å²) in [4.78, 5) is 40.4. The number of hydrogen-bond donors (Lipinski definition) is 4. The Labute approximate surface area is 191 Å². The Kier molecular flexibility index (Phi) is 5.99. The van der Waals surface area contributed by atoms with Gasteiger partial charge in [0.25, 0.3) is 11.8 Å². The number of H-pyrrole nitrogens is 2.